The van der Waals surface area contributed by atoms with Gasteiger partial charge in [-0.25, -0.2) is 4.79 Å². The number of carbonyl (C=O) groups excluding carboxylic acids is 1. The first-order valence-electron chi connectivity index (χ1n) is 12.0. The molecule has 0 amide bonds. The van der Waals surface area contributed by atoms with Crippen LogP contribution < -0.4 is 0 Å². The van der Waals surface area contributed by atoms with Crippen LogP contribution in [0.15, 0.2) is 103 Å². The van der Waals surface area contributed by atoms with Crippen LogP contribution in [0.2, 0.25) is 0 Å². The Kier molecular flexibility index (Phi) is 11.9. The molecule has 190 valence electrons. The normalized spacial score (nSPS) is 13.8. The molecule has 0 fully saturated rings. The zero-order valence-electron chi connectivity index (χ0n) is 20.6. The Morgan fingerprint density at radius 2 is 1.28 bits per heavy atom. The third kappa shape index (κ3) is 9.76. The first-order chi connectivity index (χ1) is 17.7. The van der Waals surface area contributed by atoms with Crippen molar-refractivity contribution in [3.05, 3.63) is 120 Å². The fourth-order valence-corrected chi connectivity index (χ4v) is 3.64. The highest BCUT2D eigenvalue weighted by molar-refractivity contribution is 5.81. The van der Waals surface area contributed by atoms with Crippen LogP contribution in [0.3, 0.4) is 0 Å². The van der Waals surface area contributed by atoms with Crippen molar-refractivity contribution in [2.45, 2.75) is 44.6 Å². The van der Waals surface area contributed by atoms with E-state index >= 15 is 0 Å². The molecule has 0 heterocycles. The average molecular weight is 491 g/mol. The van der Waals surface area contributed by atoms with Gasteiger partial charge in [-0.05, 0) is 23.1 Å². The number of hydrogen-bond acceptors (Lipinski definition) is 6. The van der Waals surface area contributed by atoms with E-state index in [4.69, 9.17) is 18.9 Å². The highest BCUT2D eigenvalue weighted by Crippen LogP contribution is 2.19. The van der Waals surface area contributed by atoms with E-state index in [9.17, 15) is 9.90 Å². The second-order valence-corrected chi connectivity index (χ2v) is 8.33. The topological polar surface area (TPSA) is 74.2 Å². The van der Waals surface area contributed by atoms with Crippen LogP contribution in [0.1, 0.15) is 23.1 Å². The Morgan fingerprint density at radius 3 is 1.81 bits per heavy atom. The fraction of sp³-hybridized carbons (Fsp3) is 0.300. The van der Waals surface area contributed by atoms with Gasteiger partial charge >= 0.3 is 5.97 Å². The van der Waals surface area contributed by atoms with Crippen molar-refractivity contribution in [2.24, 2.45) is 0 Å². The summed E-state index contributed by atoms with van der Waals surface area (Å²) in [6, 6.07) is 29.3. The summed E-state index contributed by atoms with van der Waals surface area (Å²) >= 11 is 0. The second kappa shape index (κ2) is 15.7. The van der Waals surface area contributed by atoms with Crippen LogP contribution in [-0.4, -0.2) is 43.1 Å². The third-order valence-corrected chi connectivity index (χ3v) is 5.56. The molecule has 3 rings (SSSR count). The van der Waals surface area contributed by atoms with Crippen LogP contribution in [0.4, 0.5) is 0 Å². The van der Waals surface area contributed by atoms with Crippen LogP contribution in [-0.2, 0) is 43.6 Å². The summed E-state index contributed by atoms with van der Waals surface area (Å²) in [6.45, 7) is 1.08. The van der Waals surface area contributed by atoms with Gasteiger partial charge in [0, 0.05) is 6.08 Å². The summed E-state index contributed by atoms with van der Waals surface area (Å²) in [5.41, 5.74) is 2.99. The molecule has 36 heavy (non-hydrogen) atoms. The SMILES string of the molecule is COC(=O)/C=C/C[C@@H](OCc1ccccc1)[C@@H](OCc1ccccc1)[C@H](O)COCc1ccccc1. The van der Waals surface area contributed by atoms with E-state index in [1.165, 1.54) is 13.2 Å². The van der Waals surface area contributed by atoms with Crippen LogP contribution in [0, 0.1) is 0 Å². The van der Waals surface area contributed by atoms with Gasteiger partial charge in [-0.15, -0.1) is 0 Å². The standard InChI is InChI=1S/C30H34O6/c1-33-29(32)19-11-18-28(35-21-25-14-7-3-8-15-25)30(36-22-26-16-9-4-10-17-26)27(31)23-34-20-24-12-5-2-6-13-24/h2-17,19,27-28,30-31H,18,20-23H2,1H3/b19-11+/t27-,28-,30+/m1/s1. The molecule has 6 heteroatoms. The molecule has 3 atom stereocenters. The number of aliphatic hydroxyl groups excluding tert-OH is 1. The van der Waals surface area contributed by atoms with Crippen molar-refractivity contribution < 1.29 is 28.8 Å². The molecule has 3 aromatic carbocycles. The molecule has 0 aliphatic rings. The predicted octanol–water partition coefficient (Wildman–Crippen LogP) is 4.85. The molecule has 0 bridgehead atoms. The first-order valence-corrected chi connectivity index (χ1v) is 12.0. The summed E-state index contributed by atoms with van der Waals surface area (Å²) in [6.07, 6.45) is 1.18. The maximum absolute atomic E-state index is 11.6. The third-order valence-electron chi connectivity index (χ3n) is 5.56. The molecule has 0 aliphatic heterocycles. The number of rotatable bonds is 15. The minimum atomic E-state index is -0.954. The van der Waals surface area contributed by atoms with Crippen LogP contribution in [0.5, 0.6) is 0 Å². The first kappa shape index (κ1) is 27.3. The number of carbonyl (C=O) groups is 1. The van der Waals surface area contributed by atoms with Gasteiger partial charge in [0.25, 0.3) is 0 Å². The smallest absolute Gasteiger partial charge is 0.330 e. The van der Waals surface area contributed by atoms with Crippen molar-refractivity contribution in [1.82, 2.24) is 0 Å². The van der Waals surface area contributed by atoms with Gasteiger partial charge in [-0.1, -0.05) is 97.1 Å². The van der Waals surface area contributed by atoms with E-state index in [0.29, 0.717) is 26.2 Å². The summed E-state index contributed by atoms with van der Waals surface area (Å²) < 4.78 is 23.0. The lowest BCUT2D eigenvalue weighted by Gasteiger charge is -2.31. The maximum Gasteiger partial charge on any atom is 0.330 e. The van der Waals surface area contributed by atoms with Gasteiger partial charge in [0.2, 0.25) is 0 Å². The minimum absolute atomic E-state index is 0.0697. The minimum Gasteiger partial charge on any atom is -0.466 e. The lowest BCUT2D eigenvalue weighted by atomic mass is 10.0. The molecule has 0 aliphatic carbocycles. The fourth-order valence-electron chi connectivity index (χ4n) is 3.64. The Hall–Kier alpha value is -3.29. The number of aliphatic hydroxyl groups is 1. The Labute approximate surface area is 213 Å². The van der Waals surface area contributed by atoms with E-state index in [-0.39, 0.29) is 6.61 Å². The largest absolute Gasteiger partial charge is 0.466 e. The Morgan fingerprint density at radius 1 is 0.778 bits per heavy atom. The summed E-state index contributed by atoms with van der Waals surface area (Å²) in [5.74, 6) is -0.453. The van der Waals surface area contributed by atoms with Gasteiger partial charge in [0.15, 0.2) is 0 Å². The lowest BCUT2D eigenvalue weighted by molar-refractivity contribution is -0.146. The highest BCUT2D eigenvalue weighted by Gasteiger charge is 2.30. The van der Waals surface area contributed by atoms with E-state index in [1.807, 2.05) is 91.0 Å². The van der Waals surface area contributed by atoms with Gasteiger partial charge in [0.1, 0.15) is 12.2 Å². The molecule has 1 N–H and O–H groups in total. The highest BCUT2D eigenvalue weighted by atomic mass is 16.6. The van der Waals surface area contributed by atoms with Gasteiger partial charge in [-0.2, -0.15) is 0 Å². The van der Waals surface area contributed by atoms with Crippen molar-refractivity contribution in [1.29, 1.82) is 0 Å². The molecule has 0 spiro atoms. The molecule has 3 aromatic rings. The van der Waals surface area contributed by atoms with Crippen molar-refractivity contribution in [2.75, 3.05) is 13.7 Å². The molecule has 6 nitrogen and oxygen atoms in total. The Bertz CT molecular complexity index is 1020. The zero-order chi connectivity index (χ0) is 25.4. The van der Waals surface area contributed by atoms with Gasteiger partial charge < -0.3 is 24.1 Å². The number of benzene rings is 3. The zero-order valence-corrected chi connectivity index (χ0v) is 20.6. The van der Waals surface area contributed by atoms with Gasteiger partial charge in [-0.3, -0.25) is 0 Å². The number of esters is 1. The number of ether oxygens (including phenoxy) is 4. The molecule has 0 aromatic heterocycles. The number of methoxy groups -OCH3 is 1. The van der Waals surface area contributed by atoms with Crippen molar-refractivity contribution in [3.63, 3.8) is 0 Å². The summed E-state index contributed by atoms with van der Waals surface area (Å²) in [4.78, 5) is 11.6. The van der Waals surface area contributed by atoms with E-state index < -0.39 is 24.3 Å². The van der Waals surface area contributed by atoms with Crippen molar-refractivity contribution in [3.8, 4) is 0 Å². The van der Waals surface area contributed by atoms with E-state index in [0.717, 1.165) is 16.7 Å². The molecule has 0 unspecified atom stereocenters. The quantitative estimate of drug-likeness (QED) is 0.242. The van der Waals surface area contributed by atoms with Gasteiger partial charge in [0.05, 0.1) is 39.6 Å². The molecule has 0 saturated heterocycles. The summed E-state index contributed by atoms with van der Waals surface area (Å²) in [5, 5.41) is 11.1. The molecule has 0 saturated carbocycles. The molecular weight excluding hydrogens is 456 g/mol. The maximum atomic E-state index is 11.6. The number of hydrogen-bond donors (Lipinski definition) is 1. The monoisotopic (exact) mass is 490 g/mol. The van der Waals surface area contributed by atoms with E-state index in [2.05, 4.69) is 0 Å². The van der Waals surface area contributed by atoms with E-state index in [1.54, 1.807) is 6.08 Å². The Balaban J connectivity index is 1.73. The second-order valence-electron chi connectivity index (χ2n) is 8.33. The van der Waals surface area contributed by atoms with Crippen molar-refractivity contribution >= 4 is 5.97 Å². The lowest BCUT2D eigenvalue weighted by Crippen LogP contribution is -2.43. The average Bonchev–Trinajstić information content (AvgIpc) is 2.93. The van der Waals surface area contributed by atoms with Crippen LogP contribution >= 0.6 is 0 Å². The predicted molar refractivity (Wildman–Crippen MR) is 138 cm³/mol. The van der Waals surface area contributed by atoms with Crippen LogP contribution in [0.25, 0.3) is 0 Å². The molecular formula is C30H34O6. The summed E-state index contributed by atoms with van der Waals surface area (Å²) in [7, 11) is 1.33. The molecule has 0 radical (unpaired) electrons.